The molecule has 4 rings (SSSR count). The topological polar surface area (TPSA) is 19.4 Å². The van der Waals surface area contributed by atoms with Crippen LogP contribution in [0.25, 0.3) is 0 Å². The number of pyridine rings is 1. The van der Waals surface area contributed by atoms with Gasteiger partial charge >= 0.3 is 0 Å². The van der Waals surface area contributed by atoms with E-state index in [4.69, 9.17) is 0 Å². The molecule has 2 fully saturated rings. The fourth-order valence-electron chi connectivity index (χ4n) is 4.11. The molecule has 2 aromatic rings. The van der Waals surface area contributed by atoms with Gasteiger partial charge in [-0.05, 0) is 42.2 Å². The molecular formula is C19H22FN3. The monoisotopic (exact) mass is 311 g/mol. The van der Waals surface area contributed by atoms with Gasteiger partial charge < -0.3 is 0 Å². The van der Waals surface area contributed by atoms with Crippen molar-refractivity contribution < 1.29 is 4.39 Å². The first-order valence-corrected chi connectivity index (χ1v) is 8.41. The molecule has 3 nitrogen and oxygen atoms in total. The number of aromatic nitrogens is 1. The zero-order valence-corrected chi connectivity index (χ0v) is 13.2. The Kier molecular flexibility index (Phi) is 4.10. The smallest absolute Gasteiger partial charge is 0.123 e. The van der Waals surface area contributed by atoms with Crippen molar-refractivity contribution in [3.8, 4) is 0 Å². The van der Waals surface area contributed by atoms with Crippen LogP contribution in [0.4, 0.5) is 4.39 Å². The molecule has 0 bridgehead atoms. The molecule has 0 unspecified atom stereocenters. The van der Waals surface area contributed by atoms with E-state index < -0.39 is 0 Å². The summed E-state index contributed by atoms with van der Waals surface area (Å²) >= 11 is 0. The quantitative estimate of drug-likeness (QED) is 0.865. The van der Waals surface area contributed by atoms with Crippen molar-refractivity contribution >= 4 is 0 Å². The first-order valence-electron chi connectivity index (χ1n) is 8.41. The fourth-order valence-corrected chi connectivity index (χ4v) is 4.11. The molecule has 2 atom stereocenters. The molecule has 2 aliphatic rings. The van der Waals surface area contributed by atoms with Gasteiger partial charge in [-0.2, -0.15) is 0 Å². The molecule has 4 heteroatoms. The summed E-state index contributed by atoms with van der Waals surface area (Å²) in [6, 6.07) is 12.4. The predicted molar refractivity (Wildman–Crippen MR) is 88.3 cm³/mol. The van der Waals surface area contributed by atoms with Crippen LogP contribution in [0.2, 0.25) is 0 Å². The predicted octanol–water partition coefficient (Wildman–Crippen LogP) is 3.07. The summed E-state index contributed by atoms with van der Waals surface area (Å²) in [5.41, 5.74) is 2.50. The largest absolute Gasteiger partial charge is 0.294 e. The summed E-state index contributed by atoms with van der Waals surface area (Å²) in [7, 11) is 0. The molecule has 0 spiro atoms. The highest BCUT2D eigenvalue weighted by atomic mass is 19.1. The Bertz CT molecular complexity index is 643. The Labute approximate surface area is 136 Å². The summed E-state index contributed by atoms with van der Waals surface area (Å²) < 4.78 is 13.0. The van der Waals surface area contributed by atoms with E-state index in [2.05, 4.69) is 20.9 Å². The summed E-state index contributed by atoms with van der Waals surface area (Å²) in [5, 5.41) is 0. The van der Waals surface area contributed by atoms with Crippen molar-refractivity contribution in [3.05, 3.63) is 65.7 Å². The molecule has 3 heterocycles. The van der Waals surface area contributed by atoms with Crippen LogP contribution in [0.5, 0.6) is 0 Å². The summed E-state index contributed by atoms with van der Waals surface area (Å²) in [6.45, 7) is 4.22. The Morgan fingerprint density at radius 2 is 1.57 bits per heavy atom. The average molecular weight is 311 g/mol. The molecule has 0 amide bonds. The first kappa shape index (κ1) is 14.8. The van der Waals surface area contributed by atoms with E-state index in [1.54, 1.807) is 12.1 Å². The molecule has 0 saturated carbocycles. The van der Waals surface area contributed by atoms with Crippen LogP contribution >= 0.6 is 0 Å². The minimum Gasteiger partial charge on any atom is -0.294 e. The second-order valence-corrected chi connectivity index (χ2v) is 6.64. The van der Waals surface area contributed by atoms with Crippen molar-refractivity contribution in [2.45, 2.75) is 38.0 Å². The number of likely N-dealkylation sites (tertiary alicyclic amines) is 2. The van der Waals surface area contributed by atoms with E-state index in [0.717, 1.165) is 26.2 Å². The molecule has 120 valence electrons. The molecule has 2 aliphatic heterocycles. The number of hydrogen-bond acceptors (Lipinski definition) is 3. The minimum absolute atomic E-state index is 0.156. The van der Waals surface area contributed by atoms with Crippen LogP contribution in [0.3, 0.4) is 0 Å². The Hall–Kier alpha value is -1.78. The third-order valence-electron chi connectivity index (χ3n) is 5.21. The van der Waals surface area contributed by atoms with Gasteiger partial charge in [-0.25, -0.2) is 4.39 Å². The van der Waals surface area contributed by atoms with E-state index >= 15 is 0 Å². The van der Waals surface area contributed by atoms with Crippen molar-refractivity contribution in [2.24, 2.45) is 0 Å². The highest BCUT2D eigenvalue weighted by Gasteiger charge is 2.41. The zero-order chi connectivity index (χ0) is 15.6. The number of hydrogen-bond donors (Lipinski definition) is 0. The molecule has 0 aliphatic carbocycles. The van der Waals surface area contributed by atoms with Gasteiger partial charge in [-0.1, -0.05) is 18.2 Å². The van der Waals surface area contributed by atoms with E-state index in [0.29, 0.717) is 12.1 Å². The highest BCUT2D eigenvalue weighted by Crippen LogP contribution is 2.33. The molecule has 1 aromatic heterocycles. The minimum atomic E-state index is -0.156. The molecule has 0 N–H and O–H groups in total. The maximum absolute atomic E-state index is 13.0. The fraction of sp³-hybridized carbons (Fsp3) is 0.421. The number of rotatable bonds is 4. The Morgan fingerprint density at radius 3 is 2.17 bits per heavy atom. The molecule has 2 saturated heterocycles. The lowest BCUT2D eigenvalue weighted by atomic mass is 10.1. The Balaban J connectivity index is 1.40. The van der Waals surface area contributed by atoms with Crippen LogP contribution in [0.15, 0.2) is 48.8 Å². The average Bonchev–Trinajstić information content (AvgIpc) is 3.15. The summed E-state index contributed by atoms with van der Waals surface area (Å²) in [6.07, 6.45) is 6.26. The van der Waals surface area contributed by atoms with Gasteiger partial charge in [0.1, 0.15) is 5.82 Å². The van der Waals surface area contributed by atoms with Gasteiger partial charge in [-0.3, -0.25) is 14.8 Å². The SMILES string of the molecule is Fc1ccc(CN2CC[C@@H]3[C@@H]2CCN3Cc2cccnc2)cc1. The van der Waals surface area contributed by atoms with Crippen LogP contribution in [0.1, 0.15) is 24.0 Å². The van der Waals surface area contributed by atoms with Gasteiger partial charge in [-0.15, -0.1) is 0 Å². The van der Waals surface area contributed by atoms with Gasteiger partial charge in [0.05, 0.1) is 0 Å². The number of halogens is 1. The van der Waals surface area contributed by atoms with E-state index in [1.165, 1.54) is 24.0 Å². The second-order valence-electron chi connectivity index (χ2n) is 6.64. The van der Waals surface area contributed by atoms with Gasteiger partial charge in [0.15, 0.2) is 0 Å². The van der Waals surface area contributed by atoms with Crippen molar-refractivity contribution in [2.75, 3.05) is 13.1 Å². The van der Waals surface area contributed by atoms with Crippen LogP contribution in [0, 0.1) is 5.82 Å². The number of benzene rings is 1. The maximum Gasteiger partial charge on any atom is 0.123 e. The Morgan fingerprint density at radius 1 is 0.913 bits per heavy atom. The van der Waals surface area contributed by atoms with Crippen LogP contribution < -0.4 is 0 Å². The standard InChI is InChI=1S/C19H22FN3/c20-17-5-3-15(4-6-17)13-22-10-7-19-18(22)8-11-23(19)14-16-2-1-9-21-12-16/h1-6,9,12,18-19H,7-8,10-11,13-14H2/t18-,19+/m0/s1. The second kappa shape index (κ2) is 6.38. The molecule has 0 radical (unpaired) electrons. The zero-order valence-electron chi connectivity index (χ0n) is 13.2. The normalized spacial score (nSPS) is 24.9. The van der Waals surface area contributed by atoms with E-state index in [1.807, 2.05) is 30.6 Å². The highest BCUT2D eigenvalue weighted by molar-refractivity contribution is 5.17. The van der Waals surface area contributed by atoms with E-state index in [-0.39, 0.29) is 5.82 Å². The van der Waals surface area contributed by atoms with Gasteiger partial charge in [0.25, 0.3) is 0 Å². The summed E-state index contributed by atoms with van der Waals surface area (Å²) in [5.74, 6) is -0.156. The molecular weight excluding hydrogens is 289 g/mol. The lowest BCUT2D eigenvalue weighted by Crippen LogP contribution is -2.36. The van der Waals surface area contributed by atoms with Crippen LogP contribution in [-0.2, 0) is 13.1 Å². The summed E-state index contributed by atoms with van der Waals surface area (Å²) in [4.78, 5) is 9.40. The van der Waals surface area contributed by atoms with E-state index in [9.17, 15) is 4.39 Å². The lowest BCUT2D eigenvalue weighted by Gasteiger charge is -2.25. The van der Waals surface area contributed by atoms with Gasteiger partial charge in [0, 0.05) is 50.7 Å². The number of nitrogens with zero attached hydrogens (tertiary/aromatic N) is 3. The lowest BCUT2D eigenvalue weighted by molar-refractivity contribution is 0.212. The third kappa shape index (κ3) is 3.14. The van der Waals surface area contributed by atoms with Crippen LogP contribution in [-0.4, -0.2) is 40.0 Å². The maximum atomic E-state index is 13.0. The van der Waals surface area contributed by atoms with Crippen molar-refractivity contribution in [1.82, 2.24) is 14.8 Å². The number of fused-ring (bicyclic) bond motifs is 1. The van der Waals surface area contributed by atoms with Crippen molar-refractivity contribution in [3.63, 3.8) is 0 Å². The molecule has 23 heavy (non-hydrogen) atoms. The molecule has 1 aromatic carbocycles. The third-order valence-corrected chi connectivity index (χ3v) is 5.21. The van der Waals surface area contributed by atoms with Crippen molar-refractivity contribution in [1.29, 1.82) is 0 Å². The first-order chi connectivity index (χ1) is 11.3. The van der Waals surface area contributed by atoms with Gasteiger partial charge in [0.2, 0.25) is 0 Å².